The first-order chi connectivity index (χ1) is 10.8. The van der Waals surface area contributed by atoms with Gasteiger partial charge >= 0.3 is 0 Å². The number of benzene rings is 2. The summed E-state index contributed by atoms with van der Waals surface area (Å²) >= 11 is 0. The summed E-state index contributed by atoms with van der Waals surface area (Å²) in [4.78, 5) is 14.4. The Morgan fingerprint density at radius 3 is 2.55 bits per heavy atom. The Bertz CT molecular complexity index is 649. The second-order valence-electron chi connectivity index (χ2n) is 5.59. The van der Waals surface area contributed by atoms with E-state index in [0.29, 0.717) is 13.0 Å². The Balaban J connectivity index is 1.63. The highest BCUT2D eigenvalue weighted by atomic mass is 16.5. The molecule has 22 heavy (non-hydrogen) atoms. The van der Waals surface area contributed by atoms with Gasteiger partial charge in [-0.25, -0.2) is 0 Å². The second kappa shape index (κ2) is 6.65. The van der Waals surface area contributed by atoms with E-state index in [2.05, 4.69) is 18.2 Å². The number of amides is 1. The van der Waals surface area contributed by atoms with E-state index in [4.69, 9.17) is 4.74 Å². The Labute approximate surface area is 131 Å². The molecule has 0 spiro atoms. The van der Waals surface area contributed by atoms with E-state index in [1.54, 1.807) is 0 Å². The molecule has 114 valence electrons. The fraction of sp³-hybridized carbons (Fsp3) is 0.316. The van der Waals surface area contributed by atoms with Gasteiger partial charge < -0.3 is 9.64 Å². The summed E-state index contributed by atoms with van der Waals surface area (Å²) in [5.41, 5.74) is 3.67. The van der Waals surface area contributed by atoms with Gasteiger partial charge in [0, 0.05) is 13.1 Å². The summed E-state index contributed by atoms with van der Waals surface area (Å²) in [7, 11) is 0. The van der Waals surface area contributed by atoms with Crippen LogP contribution >= 0.6 is 0 Å². The molecule has 0 N–H and O–H groups in total. The van der Waals surface area contributed by atoms with Crippen LogP contribution in [0.25, 0.3) is 0 Å². The summed E-state index contributed by atoms with van der Waals surface area (Å²) < 4.78 is 5.43. The number of carbonyl (C=O) groups excluding carboxylic acids is 1. The van der Waals surface area contributed by atoms with Gasteiger partial charge in [-0.15, -0.1) is 0 Å². The predicted molar refractivity (Wildman–Crippen MR) is 86.9 cm³/mol. The van der Waals surface area contributed by atoms with Gasteiger partial charge in [-0.2, -0.15) is 0 Å². The van der Waals surface area contributed by atoms with Crippen LogP contribution < -0.4 is 4.74 Å². The third-order valence-electron chi connectivity index (χ3n) is 4.07. The van der Waals surface area contributed by atoms with E-state index in [0.717, 1.165) is 30.8 Å². The summed E-state index contributed by atoms with van der Waals surface area (Å²) in [6, 6.07) is 16.2. The largest absolute Gasteiger partial charge is 0.494 e. The van der Waals surface area contributed by atoms with Gasteiger partial charge in [-0.1, -0.05) is 36.4 Å². The minimum absolute atomic E-state index is 0.193. The highest BCUT2D eigenvalue weighted by molar-refractivity contribution is 5.79. The lowest BCUT2D eigenvalue weighted by atomic mass is 9.99. The van der Waals surface area contributed by atoms with E-state index in [9.17, 15) is 4.79 Å². The van der Waals surface area contributed by atoms with Crippen molar-refractivity contribution in [2.75, 3.05) is 13.2 Å². The number of carbonyl (C=O) groups is 1. The van der Waals surface area contributed by atoms with Crippen molar-refractivity contribution in [3.63, 3.8) is 0 Å². The smallest absolute Gasteiger partial charge is 0.227 e. The molecule has 1 aliphatic rings. The normalized spacial score (nSPS) is 13.6. The van der Waals surface area contributed by atoms with E-state index < -0.39 is 0 Å². The van der Waals surface area contributed by atoms with Gasteiger partial charge in [0.1, 0.15) is 5.75 Å². The van der Waals surface area contributed by atoms with Gasteiger partial charge in [-0.05, 0) is 42.2 Å². The molecule has 2 aromatic carbocycles. The monoisotopic (exact) mass is 295 g/mol. The van der Waals surface area contributed by atoms with E-state index >= 15 is 0 Å². The van der Waals surface area contributed by atoms with Crippen molar-refractivity contribution in [1.82, 2.24) is 4.90 Å². The standard InChI is InChI=1S/C19H21NO2/c1-2-22-18-9-7-15(8-10-18)13-19(21)20-12-11-16-5-3-4-6-17(16)14-20/h3-10H,2,11-14H2,1H3. The van der Waals surface area contributed by atoms with Crippen molar-refractivity contribution in [3.8, 4) is 5.75 Å². The van der Waals surface area contributed by atoms with Crippen molar-refractivity contribution in [2.45, 2.75) is 26.3 Å². The maximum Gasteiger partial charge on any atom is 0.227 e. The minimum atomic E-state index is 0.193. The summed E-state index contributed by atoms with van der Waals surface area (Å²) in [6.07, 6.45) is 1.40. The predicted octanol–water partition coefficient (Wildman–Crippen LogP) is 3.21. The molecule has 0 unspecified atom stereocenters. The lowest BCUT2D eigenvalue weighted by Crippen LogP contribution is -2.36. The summed E-state index contributed by atoms with van der Waals surface area (Å²) in [5.74, 6) is 1.05. The molecular formula is C19H21NO2. The quantitative estimate of drug-likeness (QED) is 0.867. The van der Waals surface area contributed by atoms with Crippen LogP contribution in [0, 0.1) is 0 Å². The van der Waals surface area contributed by atoms with Crippen LogP contribution in [0.1, 0.15) is 23.6 Å². The number of ether oxygens (including phenoxy) is 1. The van der Waals surface area contributed by atoms with Crippen molar-refractivity contribution >= 4 is 5.91 Å². The number of hydrogen-bond acceptors (Lipinski definition) is 2. The molecule has 1 heterocycles. The molecule has 0 aliphatic carbocycles. The molecule has 0 radical (unpaired) electrons. The zero-order chi connectivity index (χ0) is 15.4. The third kappa shape index (κ3) is 3.30. The van der Waals surface area contributed by atoms with E-state index in [1.807, 2.05) is 42.2 Å². The zero-order valence-corrected chi connectivity index (χ0v) is 12.9. The minimum Gasteiger partial charge on any atom is -0.494 e. The van der Waals surface area contributed by atoms with Gasteiger partial charge in [0.25, 0.3) is 0 Å². The molecule has 0 saturated heterocycles. The molecule has 1 aliphatic heterocycles. The highest BCUT2D eigenvalue weighted by Gasteiger charge is 2.20. The Hall–Kier alpha value is -2.29. The SMILES string of the molecule is CCOc1ccc(CC(=O)N2CCc3ccccc3C2)cc1. The Kier molecular flexibility index (Phi) is 4.42. The summed E-state index contributed by atoms with van der Waals surface area (Å²) in [5, 5.41) is 0. The fourth-order valence-electron chi connectivity index (χ4n) is 2.87. The zero-order valence-electron chi connectivity index (χ0n) is 12.9. The van der Waals surface area contributed by atoms with Crippen molar-refractivity contribution < 1.29 is 9.53 Å². The third-order valence-corrected chi connectivity index (χ3v) is 4.07. The molecule has 3 heteroatoms. The lowest BCUT2D eigenvalue weighted by molar-refractivity contribution is -0.131. The average molecular weight is 295 g/mol. The fourth-order valence-corrected chi connectivity index (χ4v) is 2.87. The molecule has 0 saturated carbocycles. The Morgan fingerprint density at radius 1 is 1.09 bits per heavy atom. The van der Waals surface area contributed by atoms with Crippen LogP contribution in [0.5, 0.6) is 5.75 Å². The first kappa shape index (κ1) is 14.6. The number of nitrogens with zero attached hydrogens (tertiary/aromatic N) is 1. The maximum absolute atomic E-state index is 12.5. The average Bonchev–Trinajstić information content (AvgIpc) is 2.56. The van der Waals surface area contributed by atoms with Crippen LogP contribution in [0.2, 0.25) is 0 Å². The number of fused-ring (bicyclic) bond motifs is 1. The molecule has 1 amide bonds. The highest BCUT2D eigenvalue weighted by Crippen LogP contribution is 2.20. The molecular weight excluding hydrogens is 274 g/mol. The van der Waals surface area contributed by atoms with Gasteiger partial charge in [0.2, 0.25) is 5.91 Å². The van der Waals surface area contributed by atoms with Crippen LogP contribution in [0.15, 0.2) is 48.5 Å². The van der Waals surface area contributed by atoms with Gasteiger partial charge in [0.15, 0.2) is 0 Å². The molecule has 0 fully saturated rings. The number of hydrogen-bond donors (Lipinski definition) is 0. The Morgan fingerprint density at radius 2 is 1.82 bits per heavy atom. The number of rotatable bonds is 4. The second-order valence-corrected chi connectivity index (χ2v) is 5.59. The molecule has 0 atom stereocenters. The van der Waals surface area contributed by atoms with Crippen molar-refractivity contribution in [1.29, 1.82) is 0 Å². The van der Waals surface area contributed by atoms with Crippen LogP contribution in [-0.4, -0.2) is 24.0 Å². The first-order valence-electron chi connectivity index (χ1n) is 7.82. The van der Waals surface area contributed by atoms with Crippen LogP contribution in [-0.2, 0) is 24.2 Å². The maximum atomic E-state index is 12.5. The van der Waals surface area contributed by atoms with Gasteiger partial charge in [0.05, 0.1) is 13.0 Å². The molecule has 2 aromatic rings. The topological polar surface area (TPSA) is 29.5 Å². The van der Waals surface area contributed by atoms with Crippen LogP contribution in [0.3, 0.4) is 0 Å². The molecule has 3 nitrogen and oxygen atoms in total. The van der Waals surface area contributed by atoms with E-state index in [-0.39, 0.29) is 5.91 Å². The molecule has 0 aromatic heterocycles. The molecule has 0 bridgehead atoms. The first-order valence-corrected chi connectivity index (χ1v) is 7.82. The molecule has 3 rings (SSSR count). The van der Waals surface area contributed by atoms with Gasteiger partial charge in [-0.3, -0.25) is 4.79 Å². The van der Waals surface area contributed by atoms with Crippen LogP contribution in [0.4, 0.5) is 0 Å². The lowest BCUT2D eigenvalue weighted by Gasteiger charge is -2.29. The van der Waals surface area contributed by atoms with Crippen molar-refractivity contribution in [3.05, 3.63) is 65.2 Å². The van der Waals surface area contributed by atoms with Crippen molar-refractivity contribution in [2.24, 2.45) is 0 Å². The summed E-state index contributed by atoms with van der Waals surface area (Å²) in [6.45, 7) is 4.16. The van der Waals surface area contributed by atoms with E-state index in [1.165, 1.54) is 11.1 Å².